The molecule has 0 amide bonds. The fraction of sp³-hybridized carbons (Fsp3) is 0.750. The van der Waals surface area contributed by atoms with Gasteiger partial charge in [-0.3, -0.25) is 4.55 Å². The summed E-state index contributed by atoms with van der Waals surface area (Å²) >= 11 is 4.05. The van der Waals surface area contributed by atoms with E-state index in [9.17, 15) is 34.0 Å². The van der Waals surface area contributed by atoms with Gasteiger partial charge in [-0.05, 0) is 6.42 Å². The molecule has 1 saturated heterocycles. The van der Waals surface area contributed by atoms with E-state index < -0.39 is 64.6 Å². The maximum absolute atomic E-state index is 10.7. The number of aliphatic hydroxyl groups is 5. The molecule has 13 heteroatoms. The molecule has 1 aliphatic heterocycles. The van der Waals surface area contributed by atoms with Crippen molar-refractivity contribution in [3.63, 3.8) is 0 Å². The summed E-state index contributed by atoms with van der Waals surface area (Å²) in [6, 6.07) is 0. The number of nitrogens with zero attached hydrogens (tertiary/aromatic N) is 1. The van der Waals surface area contributed by atoms with Crippen LogP contribution in [0.3, 0.4) is 0 Å². The molecule has 6 N–H and O–H groups in total. The molecule has 25 heavy (non-hydrogen) atoms. The van der Waals surface area contributed by atoms with Gasteiger partial charge in [0, 0.05) is 6.42 Å². The van der Waals surface area contributed by atoms with Crippen molar-refractivity contribution in [2.75, 3.05) is 6.61 Å². The molecule has 146 valence electrons. The molecule has 0 radical (unpaired) electrons. The molecule has 1 heterocycles. The van der Waals surface area contributed by atoms with E-state index >= 15 is 0 Å². The lowest BCUT2D eigenvalue weighted by Gasteiger charge is -2.46. The summed E-state index contributed by atoms with van der Waals surface area (Å²) in [7, 11) is -5.02. The van der Waals surface area contributed by atoms with Gasteiger partial charge in [-0.2, -0.15) is 8.42 Å². The van der Waals surface area contributed by atoms with Crippen molar-refractivity contribution in [2.45, 2.75) is 48.3 Å². The van der Waals surface area contributed by atoms with E-state index in [0.29, 0.717) is 0 Å². The first-order valence-electron chi connectivity index (χ1n) is 7.03. The van der Waals surface area contributed by atoms with Gasteiger partial charge in [0.2, 0.25) is 0 Å². The minimum atomic E-state index is -5.02. The molecule has 1 aliphatic rings. The molecule has 0 aromatic carbocycles. The van der Waals surface area contributed by atoms with Gasteiger partial charge in [0.15, 0.2) is 4.93 Å². The molecule has 0 aromatic heterocycles. The van der Waals surface area contributed by atoms with Crippen LogP contribution >= 0.6 is 12.6 Å². The van der Waals surface area contributed by atoms with Crippen LogP contribution in [0.5, 0.6) is 0 Å². The lowest BCUT2D eigenvalue weighted by molar-refractivity contribution is -0.222. The second-order valence-electron chi connectivity index (χ2n) is 5.38. The first kappa shape index (κ1) is 22.3. The van der Waals surface area contributed by atoms with Crippen molar-refractivity contribution in [2.24, 2.45) is 5.16 Å². The topological polar surface area (TPSA) is 186 Å². The Labute approximate surface area is 149 Å². The zero-order chi connectivity index (χ0) is 19.4. The van der Waals surface area contributed by atoms with Gasteiger partial charge in [0.25, 0.3) is 0 Å². The van der Waals surface area contributed by atoms with Gasteiger partial charge in [0.05, 0.1) is 12.7 Å². The van der Waals surface area contributed by atoms with Crippen LogP contribution in [0.15, 0.2) is 17.8 Å². The molecular weight excluding hydrogens is 382 g/mol. The van der Waals surface area contributed by atoms with Crippen LogP contribution in [0.25, 0.3) is 0 Å². The van der Waals surface area contributed by atoms with Gasteiger partial charge in [-0.1, -0.05) is 11.2 Å². The average molecular weight is 403 g/mol. The normalized spacial score (nSPS) is 35.2. The highest BCUT2D eigenvalue weighted by atomic mass is 32.3. The molecule has 11 nitrogen and oxygen atoms in total. The second-order valence-corrected chi connectivity index (χ2v) is 7.05. The largest absolute Gasteiger partial charge is 0.466 e. The van der Waals surface area contributed by atoms with Crippen molar-refractivity contribution in [1.82, 2.24) is 0 Å². The summed E-state index contributed by atoms with van der Waals surface area (Å²) in [5.41, 5.74) is -0.514. The van der Waals surface area contributed by atoms with Crippen LogP contribution < -0.4 is 0 Å². The van der Waals surface area contributed by atoms with Crippen LogP contribution in [0.1, 0.15) is 12.8 Å². The Balaban J connectivity index is 3.26. The smallest absolute Gasteiger partial charge is 0.394 e. The molecule has 1 unspecified atom stereocenters. The summed E-state index contributed by atoms with van der Waals surface area (Å²) in [6.45, 7) is 2.64. The predicted molar refractivity (Wildman–Crippen MR) is 87.2 cm³/mol. The maximum Gasteiger partial charge on any atom is 0.466 e. The number of aliphatic hydroxyl groups excluding tert-OH is 5. The first-order valence-corrected chi connectivity index (χ1v) is 8.85. The number of hydrogen-bond acceptors (Lipinski definition) is 11. The van der Waals surface area contributed by atoms with Gasteiger partial charge in [-0.15, -0.1) is 19.2 Å². The Kier molecular flexibility index (Phi) is 7.79. The Morgan fingerprint density at radius 1 is 1.40 bits per heavy atom. The van der Waals surface area contributed by atoms with Crippen molar-refractivity contribution >= 4 is 28.7 Å². The van der Waals surface area contributed by atoms with E-state index in [4.69, 9.17) is 9.29 Å². The SMILES string of the molecule is C=CCC(O)C/C(=N\OS(=O)(=O)O)[C@@]1(S)O[C@H](CO)[C@@H](O)[C@H](O)[C@H]1O. The van der Waals surface area contributed by atoms with E-state index in [0.717, 1.165) is 0 Å². The highest BCUT2D eigenvalue weighted by Crippen LogP contribution is 2.36. The average Bonchev–Trinajstić information content (AvgIpc) is 2.52. The number of thiol groups is 1. The summed E-state index contributed by atoms with van der Waals surface area (Å²) in [6.07, 6.45) is -7.07. The summed E-state index contributed by atoms with van der Waals surface area (Å²) in [4.78, 5) is -2.24. The summed E-state index contributed by atoms with van der Waals surface area (Å²) in [5.74, 6) is 0. The predicted octanol–water partition coefficient (Wildman–Crippen LogP) is -2.41. The summed E-state index contributed by atoms with van der Waals surface area (Å²) < 4.78 is 39.3. The van der Waals surface area contributed by atoms with Gasteiger partial charge in [-0.25, -0.2) is 4.28 Å². The van der Waals surface area contributed by atoms with Crippen molar-refractivity contribution in [1.29, 1.82) is 0 Å². The molecule has 0 aromatic rings. The number of rotatable bonds is 8. The molecule has 0 saturated carbocycles. The van der Waals surface area contributed by atoms with Crippen molar-refractivity contribution in [3.8, 4) is 0 Å². The lowest BCUT2D eigenvalue weighted by atomic mass is 9.90. The molecule has 1 rings (SSSR count). The van der Waals surface area contributed by atoms with E-state index in [1.165, 1.54) is 6.08 Å². The minimum Gasteiger partial charge on any atom is -0.394 e. The fourth-order valence-electron chi connectivity index (χ4n) is 2.23. The third kappa shape index (κ3) is 5.60. The molecule has 0 aliphatic carbocycles. The standard InChI is InChI=1S/C12H21NO10S2/c1-2-3-6(15)4-8(13-23-25(19,20)21)12(24)11(18)10(17)9(16)7(5-14)22-12/h2,6-7,9-11,14-18,24H,1,3-5H2,(H,19,20,21)/b13-8+/t6?,7-,9-,10+,11-,12+/m1/s1. The molecule has 1 fully saturated rings. The van der Waals surface area contributed by atoms with Gasteiger partial charge < -0.3 is 30.3 Å². The third-order valence-electron chi connectivity index (χ3n) is 3.49. The zero-order valence-electron chi connectivity index (χ0n) is 12.9. The van der Waals surface area contributed by atoms with Crippen LogP contribution in [0.4, 0.5) is 0 Å². The van der Waals surface area contributed by atoms with Crippen LogP contribution in [0, 0.1) is 0 Å². The lowest BCUT2D eigenvalue weighted by Crippen LogP contribution is -2.66. The maximum atomic E-state index is 10.7. The monoisotopic (exact) mass is 403 g/mol. The van der Waals surface area contributed by atoms with E-state index in [1.54, 1.807) is 0 Å². The Bertz CT molecular complexity index is 595. The zero-order valence-corrected chi connectivity index (χ0v) is 14.6. The third-order valence-corrected chi connectivity index (χ3v) is 4.38. The second kappa shape index (κ2) is 8.75. The Hall–Kier alpha value is -0.770. The highest BCUT2D eigenvalue weighted by molar-refractivity contribution is 7.82. The van der Waals surface area contributed by atoms with Crippen LogP contribution in [-0.4, -0.2) is 86.3 Å². The fourth-order valence-corrected chi connectivity index (χ4v) is 2.84. The quantitative estimate of drug-likeness (QED) is 0.0756. The molecule has 0 bridgehead atoms. The Morgan fingerprint density at radius 2 is 2.00 bits per heavy atom. The van der Waals surface area contributed by atoms with E-state index in [-0.39, 0.29) is 6.42 Å². The van der Waals surface area contributed by atoms with E-state index in [1.807, 2.05) is 0 Å². The summed E-state index contributed by atoms with van der Waals surface area (Å²) in [5, 5.41) is 52.1. The Morgan fingerprint density at radius 3 is 2.48 bits per heavy atom. The number of ether oxygens (including phenoxy) is 1. The van der Waals surface area contributed by atoms with Gasteiger partial charge in [0.1, 0.15) is 30.1 Å². The number of oxime groups is 1. The minimum absolute atomic E-state index is 0.0411. The number of hydrogen-bond donors (Lipinski definition) is 7. The molecule has 0 spiro atoms. The molecular formula is C12H21NO10S2. The molecule has 6 atom stereocenters. The van der Waals surface area contributed by atoms with Gasteiger partial charge >= 0.3 is 10.4 Å². The van der Waals surface area contributed by atoms with Crippen molar-refractivity contribution in [3.05, 3.63) is 12.7 Å². The van der Waals surface area contributed by atoms with E-state index in [2.05, 4.69) is 28.6 Å². The van der Waals surface area contributed by atoms with Crippen molar-refractivity contribution < 1.29 is 47.5 Å². The van der Waals surface area contributed by atoms with Crippen LogP contribution in [-0.2, 0) is 19.4 Å². The van der Waals surface area contributed by atoms with Crippen LogP contribution in [0.2, 0.25) is 0 Å². The first-order chi connectivity index (χ1) is 11.5. The highest BCUT2D eigenvalue weighted by Gasteiger charge is 2.54.